The topological polar surface area (TPSA) is 38.0 Å². The molecule has 0 aliphatic rings. The highest BCUT2D eigenvalue weighted by Crippen LogP contribution is 2.43. The molecule has 0 saturated heterocycles. The summed E-state index contributed by atoms with van der Waals surface area (Å²) in [7, 11) is 0. The van der Waals surface area contributed by atoms with Crippen molar-refractivity contribution in [2.75, 3.05) is 0 Å². The van der Waals surface area contributed by atoms with Gasteiger partial charge in [0.05, 0.1) is 6.04 Å². The van der Waals surface area contributed by atoms with E-state index in [-0.39, 0.29) is 11.5 Å². The molecular formula is C16H22N2S. The summed E-state index contributed by atoms with van der Waals surface area (Å²) in [6.45, 7) is 4.49. The molecule has 0 fully saturated rings. The summed E-state index contributed by atoms with van der Waals surface area (Å²) in [5.74, 6) is 5.90. The first kappa shape index (κ1) is 14.3. The van der Waals surface area contributed by atoms with E-state index < -0.39 is 0 Å². The minimum absolute atomic E-state index is 0.0425. The van der Waals surface area contributed by atoms with Gasteiger partial charge in [0, 0.05) is 10.3 Å². The predicted octanol–water partition coefficient (Wildman–Crippen LogP) is 4.01. The second-order valence-electron chi connectivity index (χ2n) is 4.84. The Hall–Kier alpha value is -1.16. The Balaban J connectivity index is 2.49. The number of hydrogen-bond donors (Lipinski definition) is 2. The van der Waals surface area contributed by atoms with Crippen molar-refractivity contribution in [3.63, 3.8) is 0 Å². The highest BCUT2D eigenvalue weighted by molar-refractivity contribution is 7.10. The lowest BCUT2D eigenvalue weighted by Crippen LogP contribution is -2.43. The van der Waals surface area contributed by atoms with E-state index in [1.807, 2.05) is 0 Å². The van der Waals surface area contributed by atoms with Crippen molar-refractivity contribution in [1.29, 1.82) is 0 Å². The molecule has 0 radical (unpaired) electrons. The molecule has 102 valence electrons. The summed E-state index contributed by atoms with van der Waals surface area (Å²) in [4.78, 5) is 1.30. The number of rotatable bonds is 6. The Labute approximate surface area is 119 Å². The maximum absolute atomic E-state index is 5.90. The van der Waals surface area contributed by atoms with Crippen LogP contribution >= 0.6 is 11.3 Å². The number of nitrogens with two attached hydrogens (primary N) is 1. The van der Waals surface area contributed by atoms with E-state index in [9.17, 15) is 0 Å². The molecule has 0 bridgehead atoms. The molecule has 0 amide bonds. The van der Waals surface area contributed by atoms with Gasteiger partial charge in [-0.2, -0.15) is 0 Å². The Bertz CT molecular complexity index is 475. The van der Waals surface area contributed by atoms with Gasteiger partial charge in [-0.3, -0.25) is 11.3 Å². The molecule has 3 N–H and O–H groups in total. The Morgan fingerprint density at radius 2 is 1.79 bits per heavy atom. The number of benzene rings is 1. The number of hydrogen-bond acceptors (Lipinski definition) is 3. The summed E-state index contributed by atoms with van der Waals surface area (Å²) < 4.78 is 0. The molecule has 1 heterocycles. The van der Waals surface area contributed by atoms with Crippen molar-refractivity contribution in [2.24, 2.45) is 5.84 Å². The molecule has 2 aromatic rings. The quantitative estimate of drug-likeness (QED) is 0.617. The van der Waals surface area contributed by atoms with E-state index in [2.05, 4.69) is 67.1 Å². The van der Waals surface area contributed by atoms with Gasteiger partial charge in [-0.25, -0.2) is 0 Å². The average molecular weight is 274 g/mol. The van der Waals surface area contributed by atoms with Gasteiger partial charge >= 0.3 is 0 Å². The lowest BCUT2D eigenvalue weighted by Gasteiger charge is -2.39. The van der Waals surface area contributed by atoms with Gasteiger partial charge in [-0.1, -0.05) is 50.2 Å². The van der Waals surface area contributed by atoms with Gasteiger partial charge in [0.1, 0.15) is 0 Å². The van der Waals surface area contributed by atoms with Crippen LogP contribution in [0, 0.1) is 0 Å². The zero-order chi connectivity index (χ0) is 13.7. The van der Waals surface area contributed by atoms with E-state index in [4.69, 9.17) is 5.84 Å². The molecular weight excluding hydrogens is 252 g/mol. The first-order valence-corrected chi connectivity index (χ1v) is 7.71. The van der Waals surface area contributed by atoms with Crippen LogP contribution in [0.1, 0.15) is 43.2 Å². The molecule has 2 nitrogen and oxygen atoms in total. The molecule has 0 aliphatic carbocycles. The molecule has 1 unspecified atom stereocenters. The monoisotopic (exact) mass is 274 g/mol. The van der Waals surface area contributed by atoms with Gasteiger partial charge in [-0.15, -0.1) is 11.3 Å². The maximum Gasteiger partial charge on any atom is 0.0649 e. The van der Waals surface area contributed by atoms with Crippen molar-refractivity contribution in [3.8, 4) is 0 Å². The SMILES string of the molecule is CCC(CC)(c1ccccc1)C(NN)c1cccs1. The fourth-order valence-electron chi connectivity index (χ4n) is 2.97. The summed E-state index contributed by atoms with van der Waals surface area (Å²) in [6, 6.07) is 15.1. The summed E-state index contributed by atoms with van der Waals surface area (Å²) in [5.41, 5.74) is 4.46. The van der Waals surface area contributed by atoms with Crippen molar-refractivity contribution < 1.29 is 0 Å². The zero-order valence-corrected chi connectivity index (χ0v) is 12.4. The predicted molar refractivity (Wildman–Crippen MR) is 83.1 cm³/mol. The lowest BCUT2D eigenvalue weighted by atomic mass is 9.70. The van der Waals surface area contributed by atoms with Crippen LogP contribution in [-0.2, 0) is 5.41 Å². The third-order valence-corrected chi connectivity index (χ3v) is 5.09. The van der Waals surface area contributed by atoms with Crippen LogP contribution in [-0.4, -0.2) is 0 Å². The molecule has 0 spiro atoms. The first-order chi connectivity index (χ1) is 9.28. The molecule has 3 heteroatoms. The van der Waals surface area contributed by atoms with Crippen LogP contribution < -0.4 is 11.3 Å². The zero-order valence-electron chi connectivity index (χ0n) is 11.6. The van der Waals surface area contributed by atoms with E-state index >= 15 is 0 Å². The van der Waals surface area contributed by atoms with Crippen LogP contribution in [0.15, 0.2) is 47.8 Å². The Morgan fingerprint density at radius 1 is 1.11 bits per heavy atom. The molecule has 2 rings (SSSR count). The highest BCUT2D eigenvalue weighted by Gasteiger charge is 2.38. The van der Waals surface area contributed by atoms with Crippen molar-refractivity contribution in [1.82, 2.24) is 5.43 Å². The second kappa shape index (κ2) is 6.33. The maximum atomic E-state index is 5.90. The van der Waals surface area contributed by atoms with E-state index in [0.717, 1.165) is 12.8 Å². The van der Waals surface area contributed by atoms with Gasteiger partial charge in [-0.05, 0) is 29.9 Å². The van der Waals surface area contributed by atoms with Gasteiger partial charge in [0.25, 0.3) is 0 Å². The van der Waals surface area contributed by atoms with Crippen LogP contribution in [0.2, 0.25) is 0 Å². The smallest absolute Gasteiger partial charge is 0.0649 e. The minimum atomic E-state index is 0.0425. The van der Waals surface area contributed by atoms with Crippen molar-refractivity contribution in [3.05, 3.63) is 58.3 Å². The summed E-state index contributed by atoms with van der Waals surface area (Å²) in [6.07, 6.45) is 2.11. The van der Waals surface area contributed by atoms with E-state index in [1.54, 1.807) is 11.3 Å². The molecule has 19 heavy (non-hydrogen) atoms. The summed E-state index contributed by atoms with van der Waals surface area (Å²) in [5, 5.41) is 2.11. The Morgan fingerprint density at radius 3 is 2.26 bits per heavy atom. The van der Waals surface area contributed by atoms with E-state index in [1.165, 1.54) is 10.4 Å². The largest absolute Gasteiger partial charge is 0.271 e. The van der Waals surface area contributed by atoms with Crippen LogP contribution in [0.3, 0.4) is 0 Å². The molecule has 1 aromatic heterocycles. The van der Waals surface area contributed by atoms with E-state index in [0.29, 0.717) is 0 Å². The fourth-order valence-corrected chi connectivity index (χ4v) is 3.87. The minimum Gasteiger partial charge on any atom is -0.271 e. The van der Waals surface area contributed by atoms with Gasteiger partial charge in [0.2, 0.25) is 0 Å². The van der Waals surface area contributed by atoms with Gasteiger partial charge < -0.3 is 0 Å². The number of nitrogens with one attached hydrogen (secondary N) is 1. The highest BCUT2D eigenvalue weighted by atomic mass is 32.1. The van der Waals surface area contributed by atoms with Crippen molar-refractivity contribution >= 4 is 11.3 Å². The summed E-state index contributed by atoms with van der Waals surface area (Å²) >= 11 is 1.77. The third kappa shape index (κ3) is 2.59. The van der Waals surface area contributed by atoms with Crippen molar-refractivity contribution in [2.45, 2.75) is 38.1 Å². The molecule has 1 aromatic carbocycles. The molecule has 1 atom stereocenters. The number of thiophene rings is 1. The fraction of sp³-hybridized carbons (Fsp3) is 0.375. The van der Waals surface area contributed by atoms with Gasteiger partial charge in [0.15, 0.2) is 0 Å². The van der Waals surface area contributed by atoms with Crippen LogP contribution in [0.5, 0.6) is 0 Å². The second-order valence-corrected chi connectivity index (χ2v) is 5.82. The Kier molecular flexibility index (Phi) is 4.75. The van der Waals surface area contributed by atoms with Crippen LogP contribution in [0.4, 0.5) is 0 Å². The first-order valence-electron chi connectivity index (χ1n) is 6.83. The standard InChI is InChI=1S/C16H22N2S/c1-3-16(4-2,13-9-6-5-7-10-13)15(18-17)14-11-8-12-19-14/h5-12,15,18H,3-4,17H2,1-2H3. The molecule has 0 saturated carbocycles. The van der Waals surface area contributed by atoms with Crippen LogP contribution in [0.25, 0.3) is 0 Å². The molecule has 0 aliphatic heterocycles. The third-order valence-electron chi connectivity index (χ3n) is 4.16. The lowest BCUT2D eigenvalue weighted by molar-refractivity contribution is 0.280. The average Bonchev–Trinajstić information content (AvgIpc) is 2.99. The number of hydrazine groups is 1. The normalized spacial score (nSPS) is 13.4.